The van der Waals surface area contributed by atoms with Gasteiger partial charge in [-0.05, 0) is 17.7 Å². The molecule has 4 nitrogen and oxygen atoms in total. The first-order chi connectivity index (χ1) is 7.17. The molecule has 0 aromatic heterocycles. The van der Waals surface area contributed by atoms with Crippen LogP contribution in [0.25, 0.3) is 0 Å². The van der Waals surface area contributed by atoms with Gasteiger partial charge in [0, 0.05) is 20.6 Å². The molecule has 0 aliphatic heterocycles. The van der Waals surface area contributed by atoms with Crippen LogP contribution in [0.2, 0.25) is 0 Å². The average Bonchev–Trinajstić information content (AvgIpc) is 2.25. The van der Waals surface area contributed by atoms with Gasteiger partial charge in [-0.25, -0.2) is 10.4 Å². The number of nitrogens with two attached hydrogens (primary N) is 1. The first-order valence-corrected chi connectivity index (χ1v) is 4.95. The maximum Gasteiger partial charge on any atom is 0.119 e. The van der Waals surface area contributed by atoms with E-state index < -0.39 is 0 Å². The van der Waals surface area contributed by atoms with Gasteiger partial charge in [0.15, 0.2) is 0 Å². The Balaban J connectivity index is 2.81. The summed E-state index contributed by atoms with van der Waals surface area (Å²) < 4.78 is 5.17. The van der Waals surface area contributed by atoms with Crippen molar-refractivity contribution in [2.24, 2.45) is 5.73 Å². The Morgan fingerprint density at radius 2 is 2.20 bits per heavy atom. The first kappa shape index (κ1) is 12.0. The van der Waals surface area contributed by atoms with Gasteiger partial charge in [0.2, 0.25) is 0 Å². The normalized spacial score (nSPS) is 12.9. The maximum absolute atomic E-state index is 5.71. The van der Waals surface area contributed by atoms with E-state index in [0.29, 0.717) is 6.54 Å². The summed E-state index contributed by atoms with van der Waals surface area (Å²) in [6.45, 7) is 0.547. The number of hydrogen-bond donors (Lipinski definition) is 2. The van der Waals surface area contributed by atoms with E-state index in [9.17, 15) is 0 Å². The van der Waals surface area contributed by atoms with Crippen LogP contribution in [0, 0.1) is 0 Å². The topological polar surface area (TPSA) is 50.5 Å². The monoisotopic (exact) mass is 209 g/mol. The van der Waals surface area contributed by atoms with E-state index in [2.05, 4.69) is 5.43 Å². The zero-order valence-electron chi connectivity index (χ0n) is 9.53. The SMILES string of the molecule is COc1cccc(C(CN)NN(C)C)c1. The highest BCUT2D eigenvalue weighted by Gasteiger charge is 2.10. The number of rotatable bonds is 5. The number of hydrogen-bond acceptors (Lipinski definition) is 4. The summed E-state index contributed by atoms with van der Waals surface area (Å²) in [4.78, 5) is 0. The van der Waals surface area contributed by atoms with Crippen LogP contribution >= 0.6 is 0 Å². The van der Waals surface area contributed by atoms with Gasteiger partial charge in [0.05, 0.1) is 13.2 Å². The lowest BCUT2D eigenvalue weighted by atomic mass is 10.1. The molecule has 1 rings (SSSR count). The van der Waals surface area contributed by atoms with Crippen molar-refractivity contribution >= 4 is 0 Å². The van der Waals surface area contributed by atoms with Crippen LogP contribution in [0.15, 0.2) is 24.3 Å². The third-order valence-corrected chi connectivity index (χ3v) is 2.15. The molecule has 0 aliphatic carbocycles. The lowest BCUT2D eigenvalue weighted by Crippen LogP contribution is -2.37. The fourth-order valence-corrected chi connectivity index (χ4v) is 1.43. The van der Waals surface area contributed by atoms with Crippen molar-refractivity contribution in [3.05, 3.63) is 29.8 Å². The number of nitrogens with one attached hydrogen (secondary N) is 1. The minimum absolute atomic E-state index is 0.120. The van der Waals surface area contributed by atoms with Gasteiger partial charge in [0.25, 0.3) is 0 Å². The number of methoxy groups -OCH3 is 1. The molecule has 1 unspecified atom stereocenters. The summed E-state index contributed by atoms with van der Waals surface area (Å²) in [5, 5.41) is 1.90. The summed E-state index contributed by atoms with van der Waals surface area (Å²) in [6, 6.07) is 8.04. The summed E-state index contributed by atoms with van der Waals surface area (Å²) in [5.41, 5.74) is 10.1. The van der Waals surface area contributed by atoms with E-state index in [4.69, 9.17) is 10.5 Å². The Labute approximate surface area is 91.0 Å². The van der Waals surface area contributed by atoms with Gasteiger partial charge < -0.3 is 10.5 Å². The van der Waals surface area contributed by atoms with Gasteiger partial charge in [-0.1, -0.05) is 12.1 Å². The number of nitrogens with zero attached hydrogens (tertiary/aromatic N) is 1. The van der Waals surface area contributed by atoms with Gasteiger partial charge in [-0.2, -0.15) is 0 Å². The molecule has 15 heavy (non-hydrogen) atoms. The standard InChI is InChI=1S/C11H19N3O/c1-14(2)13-11(8-12)9-5-4-6-10(7-9)15-3/h4-7,11,13H,8,12H2,1-3H3. The zero-order chi connectivity index (χ0) is 11.3. The Morgan fingerprint density at radius 1 is 1.47 bits per heavy atom. The Morgan fingerprint density at radius 3 is 2.73 bits per heavy atom. The van der Waals surface area contributed by atoms with E-state index in [1.54, 1.807) is 7.11 Å². The van der Waals surface area contributed by atoms with E-state index in [1.807, 2.05) is 43.4 Å². The van der Waals surface area contributed by atoms with Crippen LogP contribution in [-0.2, 0) is 0 Å². The van der Waals surface area contributed by atoms with E-state index in [0.717, 1.165) is 11.3 Å². The van der Waals surface area contributed by atoms with Crippen LogP contribution in [0.3, 0.4) is 0 Å². The van der Waals surface area contributed by atoms with Crippen molar-refractivity contribution in [1.82, 2.24) is 10.4 Å². The molecule has 1 aromatic carbocycles. The van der Waals surface area contributed by atoms with Crippen molar-refractivity contribution < 1.29 is 4.74 Å². The van der Waals surface area contributed by atoms with Crippen molar-refractivity contribution in [1.29, 1.82) is 0 Å². The first-order valence-electron chi connectivity index (χ1n) is 4.95. The maximum atomic E-state index is 5.71. The molecule has 84 valence electrons. The van der Waals surface area contributed by atoms with Crippen molar-refractivity contribution in [2.45, 2.75) is 6.04 Å². The Hall–Kier alpha value is -1.10. The molecule has 4 heteroatoms. The molecule has 0 fully saturated rings. The predicted octanol–water partition coefficient (Wildman–Crippen LogP) is 0.761. The molecule has 0 radical (unpaired) electrons. The van der Waals surface area contributed by atoms with E-state index in [1.165, 1.54) is 0 Å². The van der Waals surface area contributed by atoms with E-state index in [-0.39, 0.29) is 6.04 Å². The fourth-order valence-electron chi connectivity index (χ4n) is 1.43. The van der Waals surface area contributed by atoms with Crippen LogP contribution < -0.4 is 15.9 Å². The molecule has 3 N–H and O–H groups in total. The molecule has 1 aromatic rings. The second-order valence-corrected chi connectivity index (χ2v) is 3.59. The van der Waals surface area contributed by atoms with Crippen LogP contribution in [-0.4, -0.2) is 32.8 Å². The molecule has 0 saturated carbocycles. The summed E-state index contributed by atoms with van der Waals surface area (Å²) in [5.74, 6) is 0.853. The highest BCUT2D eigenvalue weighted by Crippen LogP contribution is 2.18. The highest BCUT2D eigenvalue weighted by atomic mass is 16.5. The van der Waals surface area contributed by atoms with Gasteiger partial charge in [0.1, 0.15) is 5.75 Å². The molecule has 0 bridgehead atoms. The minimum Gasteiger partial charge on any atom is -0.497 e. The molecule has 1 atom stereocenters. The van der Waals surface area contributed by atoms with E-state index >= 15 is 0 Å². The second-order valence-electron chi connectivity index (χ2n) is 3.59. The van der Waals surface area contributed by atoms with Gasteiger partial charge >= 0.3 is 0 Å². The fraction of sp³-hybridized carbons (Fsp3) is 0.455. The minimum atomic E-state index is 0.120. The Kier molecular flexibility index (Phi) is 4.55. The number of benzene rings is 1. The van der Waals surface area contributed by atoms with Crippen molar-refractivity contribution in [3.63, 3.8) is 0 Å². The van der Waals surface area contributed by atoms with Crippen LogP contribution in [0.1, 0.15) is 11.6 Å². The number of ether oxygens (including phenoxy) is 1. The Bertz CT molecular complexity index is 302. The quantitative estimate of drug-likeness (QED) is 0.703. The zero-order valence-corrected chi connectivity index (χ0v) is 9.53. The second kappa shape index (κ2) is 5.70. The summed E-state index contributed by atoms with van der Waals surface area (Å²) >= 11 is 0. The third-order valence-electron chi connectivity index (χ3n) is 2.15. The largest absolute Gasteiger partial charge is 0.497 e. The van der Waals surface area contributed by atoms with Crippen molar-refractivity contribution in [2.75, 3.05) is 27.7 Å². The average molecular weight is 209 g/mol. The smallest absolute Gasteiger partial charge is 0.119 e. The molecule has 0 heterocycles. The molecular weight excluding hydrogens is 190 g/mol. The molecule has 0 spiro atoms. The summed E-state index contributed by atoms with van der Waals surface area (Å²) in [7, 11) is 5.56. The number of hydrazine groups is 1. The van der Waals surface area contributed by atoms with Crippen LogP contribution in [0.5, 0.6) is 5.75 Å². The molecular formula is C11H19N3O. The van der Waals surface area contributed by atoms with Crippen molar-refractivity contribution in [3.8, 4) is 5.75 Å². The van der Waals surface area contributed by atoms with Gasteiger partial charge in [-0.3, -0.25) is 0 Å². The third kappa shape index (κ3) is 3.51. The lowest BCUT2D eigenvalue weighted by Gasteiger charge is -2.22. The summed E-state index contributed by atoms with van der Waals surface area (Å²) in [6.07, 6.45) is 0. The molecule has 0 amide bonds. The van der Waals surface area contributed by atoms with Crippen LogP contribution in [0.4, 0.5) is 0 Å². The molecule has 0 saturated heterocycles. The highest BCUT2D eigenvalue weighted by molar-refractivity contribution is 5.30. The predicted molar refractivity (Wildman–Crippen MR) is 61.6 cm³/mol. The molecule has 0 aliphatic rings. The lowest BCUT2D eigenvalue weighted by molar-refractivity contribution is 0.245. The van der Waals surface area contributed by atoms with Gasteiger partial charge in [-0.15, -0.1) is 0 Å².